The van der Waals surface area contributed by atoms with Crippen LogP contribution in [0.15, 0.2) is 60.4 Å². The first-order valence-electron chi connectivity index (χ1n) is 13.9. The van der Waals surface area contributed by atoms with Gasteiger partial charge < -0.3 is 19.3 Å². The first kappa shape index (κ1) is 26.1. The number of anilines is 1. The molecule has 0 radical (unpaired) electrons. The van der Waals surface area contributed by atoms with Gasteiger partial charge in [0, 0.05) is 24.4 Å². The quantitative estimate of drug-likeness (QED) is 0.517. The van der Waals surface area contributed by atoms with E-state index in [1.807, 2.05) is 30.3 Å². The highest BCUT2D eigenvalue weighted by atomic mass is 16.5. The third-order valence-corrected chi connectivity index (χ3v) is 8.92. The molecule has 6 rings (SSSR count). The standard InChI is InChI=1S/C31H33N3O6/c1-39-22-15-21(16-23(17-22)40-2)32-18-26-24-11-8-12-25(29(37)33(26)19-27(32)35)34(24)30(38)28(36)31(13-6-7-14-31)20-9-4-3-5-10-20/h3-5,9-10,15-18,24-25H,6-8,11-14,19H2,1-2H3. The number of amides is 3. The number of benzene rings is 2. The number of Topliss-reactive ketones (excluding diaryl/α,β-unsaturated/α-hetero) is 1. The lowest BCUT2D eigenvalue weighted by Gasteiger charge is -2.52. The van der Waals surface area contributed by atoms with E-state index in [0.717, 1.165) is 24.8 Å². The van der Waals surface area contributed by atoms with E-state index in [-0.39, 0.29) is 18.4 Å². The number of carbonyl (C=O) groups is 4. The Morgan fingerprint density at radius 2 is 1.52 bits per heavy atom. The second kappa shape index (κ2) is 10.1. The van der Waals surface area contributed by atoms with E-state index in [1.165, 1.54) is 28.9 Å². The van der Waals surface area contributed by atoms with Crippen molar-refractivity contribution in [2.24, 2.45) is 0 Å². The number of piperidine rings is 1. The fourth-order valence-corrected chi connectivity index (χ4v) is 6.90. The minimum absolute atomic E-state index is 0.138. The number of methoxy groups -OCH3 is 2. The van der Waals surface area contributed by atoms with Gasteiger partial charge in [0.15, 0.2) is 0 Å². The molecule has 2 aromatic rings. The number of piperazine rings is 1. The molecule has 1 aliphatic carbocycles. The van der Waals surface area contributed by atoms with Gasteiger partial charge in [-0.1, -0.05) is 43.2 Å². The molecule has 2 bridgehead atoms. The molecule has 40 heavy (non-hydrogen) atoms. The van der Waals surface area contributed by atoms with Gasteiger partial charge in [0.25, 0.3) is 11.8 Å². The summed E-state index contributed by atoms with van der Waals surface area (Å²) in [6.45, 7) is -0.138. The minimum atomic E-state index is -0.868. The molecule has 2 saturated heterocycles. The highest BCUT2D eigenvalue weighted by Crippen LogP contribution is 2.44. The summed E-state index contributed by atoms with van der Waals surface area (Å²) in [5.41, 5.74) is 1.08. The van der Waals surface area contributed by atoms with Gasteiger partial charge in [0.2, 0.25) is 11.7 Å². The molecule has 4 aliphatic rings. The lowest BCUT2D eigenvalue weighted by Crippen LogP contribution is -2.68. The minimum Gasteiger partial charge on any atom is -0.497 e. The molecule has 2 aromatic carbocycles. The lowest BCUT2D eigenvalue weighted by atomic mass is 9.74. The number of nitrogens with zero attached hydrogens (tertiary/aromatic N) is 3. The number of hydrogen-bond acceptors (Lipinski definition) is 6. The molecule has 3 aliphatic heterocycles. The summed E-state index contributed by atoms with van der Waals surface area (Å²) in [6.07, 6.45) is 6.45. The molecule has 3 heterocycles. The molecule has 9 nitrogen and oxygen atoms in total. The molecule has 3 fully saturated rings. The summed E-state index contributed by atoms with van der Waals surface area (Å²) in [5, 5.41) is 0. The highest BCUT2D eigenvalue weighted by Gasteiger charge is 2.54. The number of fused-ring (bicyclic) bond motifs is 4. The first-order valence-corrected chi connectivity index (χ1v) is 13.9. The van der Waals surface area contributed by atoms with Crippen LogP contribution in [0.2, 0.25) is 0 Å². The van der Waals surface area contributed by atoms with Crippen LogP contribution in [0.3, 0.4) is 0 Å². The lowest BCUT2D eigenvalue weighted by molar-refractivity contribution is -0.161. The molecule has 0 N–H and O–H groups in total. The Labute approximate surface area is 233 Å². The summed E-state index contributed by atoms with van der Waals surface area (Å²) in [7, 11) is 3.07. The van der Waals surface area contributed by atoms with Crippen molar-refractivity contribution in [2.75, 3.05) is 25.7 Å². The van der Waals surface area contributed by atoms with E-state index in [1.54, 1.807) is 24.4 Å². The zero-order valence-corrected chi connectivity index (χ0v) is 22.8. The Hall–Kier alpha value is -4.14. The number of ether oxygens (including phenoxy) is 2. The molecular formula is C31H33N3O6. The SMILES string of the molecule is COc1cc(OC)cc(N2C=C3C4CCCC(C(=O)N3CC2=O)N4C(=O)C(=O)C2(c3ccccc3)CCCC2)c1. The van der Waals surface area contributed by atoms with E-state index in [0.29, 0.717) is 48.6 Å². The Kier molecular flexibility index (Phi) is 6.60. The molecule has 3 amide bonds. The van der Waals surface area contributed by atoms with Crippen LogP contribution < -0.4 is 14.4 Å². The maximum absolute atomic E-state index is 14.1. The largest absolute Gasteiger partial charge is 0.497 e. The molecule has 208 valence electrons. The van der Waals surface area contributed by atoms with Crippen LogP contribution >= 0.6 is 0 Å². The second-order valence-corrected chi connectivity index (χ2v) is 11.0. The van der Waals surface area contributed by atoms with Gasteiger partial charge in [-0.05, 0) is 37.7 Å². The van der Waals surface area contributed by atoms with Crippen molar-refractivity contribution >= 4 is 29.2 Å². The molecule has 0 spiro atoms. The van der Waals surface area contributed by atoms with Crippen LogP contribution in [0.5, 0.6) is 11.5 Å². The summed E-state index contributed by atoms with van der Waals surface area (Å²) in [5.74, 6) is -0.580. The van der Waals surface area contributed by atoms with Gasteiger partial charge >= 0.3 is 0 Å². The van der Waals surface area contributed by atoms with Gasteiger partial charge in [0.1, 0.15) is 24.1 Å². The summed E-state index contributed by atoms with van der Waals surface area (Å²) in [4.78, 5) is 59.8. The highest BCUT2D eigenvalue weighted by molar-refractivity contribution is 6.40. The predicted molar refractivity (Wildman–Crippen MR) is 147 cm³/mol. The second-order valence-electron chi connectivity index (χ2n) is 11.0. The summed E-state index contributed by atoms with van der Waals surface area (Å²) >= 11 is 0. The zero-order chi connectivity index (χ0) is 28.0. The van der Waals surface area contributed by atoms with E-state index in [4.69, 9.17) is 9.47 Å². The van der Waals surface area contributed by atoms with Crippen molar-refractivity contribution in [3.63, 3.8) is 0 Å². The van der Waals surface area contributed by atoms with Gasteiger partial charge in [-0.15, -0.1) is 0 Å². The van der Waals surface area contributed by atoms with Crippen LogP contribution in [0, 0.1) is 0 Å². The van der Waals surface area contributed by atoms with Gasteiger partial charge in [0.05, 0.1) is 37.1 Å². The average molecular weight is 544 g/mol. The monoisotopic (exact) mass is 543 g/mol. The molecule has 0 aromatic heterocycles. The topological polar surface area (TPSA) is 96.5 Å². The van der Waals surface area contributed by atoms with E-state index >= 15 is 0 Å². The molecule has 2 atom stereocenters. The molecular weight excluding hydrogens is 510 g/mol. The summed E-state index contributed by atoms with van der Waals surface area (Å²) < 4.78 is 10.8. The maximum atomic E-state index is 14.1. The van der Waals surface area contributed by atoms with Gasteiger partial charge in [-0.3, -0.25) is 24.1 Å². The molecule has 1 saturated carbocycles. The Morgan fingerprint density at radius 3 is 2.17 bits per heavy atom. The van der Waals surface area contributed by atoms with Crippen LogP contribution in [0.4, 0.5) is 5.69 Å². The van der Waals surface area contributed by atoms with E-state index in [9.17, 15) is 19.2 Å². The number of rotatable bonds is 6. The fraction of sp³-hybridized carbons (Fsp3) is 0.419. The molecule has 2 unspecified atom stereocenters. The zero-order valence-electron chi connectivity index (χ0n) is 22.8. The van der Waals surface area contributed by atoms with Crippen molar-refractivity contribution in [3.8, 4) is 11.5 Å². The van der Waals surface area contributed by atoms with Crippen molar-refractivity contribution in [2.45, 2.75) is 62.4 Å². The van der Waals surface area contributed by atoms with Crippen molar-refractivity contribution in [1.82, 2.24) is 9.80 Å². The van der Waals surface area contributed by atoms with E-state index < -0.39 is 29.2 Å². The third-order valence-electron chi connectivity index (χ3n) is 8.92. The predicted octanol–water partition coefficient (Wildman–Crippen LogP) is 3.56. The van der Waals surface area contributed by atoms with Crippen molar-refractivity contribution in [3.05, 3.63) is 66.0 Å². The smallest absolute Gasteiger partial charge is 0.292 e. The summed E-state index contributed by atoms with van der Waals surface area (Å²) in [6, 6.07) is 13.5. The Morgan fingerprint density at radius 1 is 0.875 bits per heavy atom. The average Bonchev–Trinajstić information content (AvgIpc) is 3.50. The number of carbonyl (C=O) groups excluding carboxylic acids is 4. The van der Waals surface area contributed by atoms with Gasteiger partial charge in [-0.25, -0.2) is 0 Å². The molecule has 9 heteroatoms. The van der Waals surface area contributed by atoms with Crippen molar-refractivity contribution < 1.29 is 28.7 Å². The normalized spacial score (nSPS) is 23.4. The fourth-order valence-electron chi connectivity index (χ4n) is 6.90. The van der Waals surface area contributed by atoms with Gasteiger partial charge in [-0.2, -0.15) is 0 Å². The van der Waals surface area contributed by atoms with Crippen LogP contribution in [0.1, 0.15) is 50.5 Å². The number of ketones is 1. The van der Waals surface area contributed by atoms with Crippen molar-refractivity contribution in [1.29, 1.82) is 0 Å². The maximum Gasteiger partial charge on any atom is 0.292 e. The third kappa shape index (κ3) is 4.06. The first-order chi connectivity index (χ1) is 19.4. The van der Waals surface area contributed by atoms with E-state index in [2.05, 4.69) is 0 Å². The Bertz CT molecular complexity index is 1370. The van der Waals surface area contributed by atoms with Crippen LogP contribution in [-0.2, 0) is 24.6 Å². The van der Waals surface area contributed by atoms with Crippen LogP contribution in [0.25, 0.3) is 0 Å². The van der Waals surface area contributed by atoms with Crippen LogP contribution in [-0.4, -0.2) is 66.2 Å². The Balaban J connectivity index is 1.39. The number of hydrogen-bond donors (Lipinski definition) is 0.